The summed E-state index contributed by atoms with van der Waals surface area (Å²) in [6, 6.07) is 14.2. The highest BCUT2D eigenvalue weighted by atomic mass is 16.5. The monoisotopic (exact) mass is 477 g/mol. The van der Waals surface area contributed by atoms with Crippen LogP contribution in [0.1, 0.15) is 63.9 Å². The lowest BCUT2D eigenvalue weighted by Crippen LogP contribution is -2.27. The Morgan fingerprint density at radius 1 is 1.03 bits per heavy atom. The van der Waals surface area contributed by atoms with Gasteiger partial charge in [-0.05, 0) is 61.1 Å². The van der Waals surface area contributed by atoms with Gasteiger partial charge in [0, 0.05) is 31.0 Å². The van der Waals surface area contributed by atoms with Gasteiger partial charge in [0.15, 0.2) is 17.3 Å². The third kappa shape index (κ3) is 5.84. The van der Waals surface area contributed by atoms with Gasteiger partial charge in [-0.2, -0.15) is 4.98 Å². The molecule has 0 saturated carbocycles. The van der Waals surface area contributed by atoms with Gasteiger partial charge in [0.2, 0.25) is 5.91 Å². The number of carbonyl (C=O) groups is 1. The van der Waals surface area contributed by atoms with E-state index in [2.05, 4.69) is 43.0 Å². The quantitative estimate of drug-likeness (QED) is 0.411. The first kappa shape index (κ1) is 24.8. The molecule has 7 nitrogen and oxygen atoms in total. The van der Waals surface area contributed by atoms with Crippen molar-refractivity contribution in [3.05, 3.63) is 59.4 Å². The topological polar surface area (TPSA) is 77.7 Å². The van der Waals surface area contributed by atoms with Crippen LogP contribution in [-0.2, 0) is 16.6 Å². The summed E-state index contributed by atoms with van der Waals surface area (Å²) in [4.78, 5) is 19.2. The molecule has 1 aromatic heterocycles. The molecule has 0 radical (unpaired) electrons. The molecule has 0 aliphatic carbocycles. The molecule has 1 unspecified atom stereocenters. The van der Waals surface area contributed by atoms with Crippen LogP contribution in [0.2, 0.25) is 0 Å². The average Bonchev–Trinajstić information content (AvgIpc) is 3.46. The van der Waals surface area contributed by atoms with Crippen molar-refractivity contribution in [2.75, 3.05) is 26.3 Å². The van der Waals surface area contributed by atoms with E-state index in [0.29, 0.717) is 44.4 Å². The van der Waals surface area contributed by atoms with Crippen molar-refractivity contribution >= 4 is 5.91 Å². The standard InChI is InChI=1S/C28H35N3O4/c1-6-33-23-13-8-19(16-24(23)34-7-2)14-15-31-18-21(17-25(31)32)26-29-27(35-30-26)20-9-11-22(12-10-20)28(3,4)5/h8-13,16,21H,6-7,14-15,17-18H2,1-5H3. The van der Waals surface area contributed by atoms with Crippen LogP contribution in [0.3, 0.4) is 0 Å². The summed E-state index contributed by atoms with van der Waals surface area (Å²) < 4.78 is 16.9. The van der Waals surface area contributed by atoms with E-state index < -0.39 is 0 Å². The average molecular weight is 478 g/mol. The molecular formula is C28H35N3O4. The molecule has 4 rings (SSSR count). The fraction of sp³-hybridized carbons (Fsp3) is 0.464. The van der Waals surface area contributed by atoms with Crippen LogP contribution in [0.4, 0.5) is 0 Å². The summed E-state index contributed by atoms with van der Waals surface area (Å²) in [6.07, 6.45) is 1.14. The van der Waals surface area contributed by atoms with E-state index in [0.717, 1.165) is 29.0 Å². The molecule has 1 fully saturated rings. The lowest BCUT2D eigenvalue weighted by Gasteiger charge is -2.18. The molecule has 2 aromatic carbocycles. The fourth-order valence-electron chi connectivity index (χ4n) is 4.31. The number of likely N-dealkylation sites (tertiary alicyclic amines) is 1. The first-order valence-electron chi connectivity index (χ1n) is 12.4. The maximum absolute atomic E-state index is 12.7. The zero-order valence-electron chi connectivity index (χ0n) is 21.3. The number of hydrogen-bond donors (Lipinski definition) is 0. The normalized spacial score (nSPS) is 16.1. The summed E-state index contributed by atoms with van der Waals surface area (Å²) in [7, 11) is 0. The minimum atomic E-state index is -0.0619. The fourth-order valence-corrected chi connectivity index (χ4v) is 4.31. The van der Waals surface area contributed by atoms with Gasteiger partial charge in [-0.25, -0.2) is 0 Å². The highest BCUT2D eigenvalue weighted by Crippen LogP contribution is 2.31. The van der Waals surface area contributed by atoms with Crippen molar-refractivity contribution in [1.82, 2.24) is 15.0 Å². The molecule has 1 saturated heterocycles. The Morgan fingerprint density at radius 3 is 2.43 bits per heavy atom. The van der Waals surface area contributed by atoms with Crippen molar-refractivity contribution in [3.8, 4) is 23.0 Å². The van der Waals surface area contributed by atoms with Gasteiger partial charge in [-0.1, -0.05) is 44.1 Å². The van der Waals surface area contributed by atoms with Gasteiger partial charge in [0.25, 0.3) is 5.89 Å². The van der Waals surface area contributed by atoms with E-state index in [1.54, 1.807) is 0 Å². The van der Waals surface area contributed by atoms with E-state index in [1.807, 2.05) is 49.1 Å². The highest BCUT2D eigenvalue weighted by molar-refractivity contribution is 5.79. The molecular weight excluding hydrogens is 442 g/mol. The number of rotatable bonds is 9. The molecule has 1 amide bonds. The Kier molecular flexibility index (Phi) is 7.43. The minimum Gasteiger partial charge on any atom is -0.490 e. The van der Waals surface area contributed by atoms with Crippen LogP contribution >= 0.6 is 0 Å². The van der Waals surface area contributed by atoms with Crippen molar-refractivity contribution in [2.45, 2.75) is 58.8 Å². The van der Waals surface area contributed by atoms with Crippen molar-refractivity contribution in [1.29, 1.82) is 0 Å². The Hall–Kier alpha value is -3.35. The molecule has 0 N–H and O–H groups in total. The van der Waals surface area contributed by atoms with Gasteiger partial charge in [-0.15, -0.1) is 0 Å². The van der Waals surface area contributed by atoms with Crippen LogP contribution in [0.5, 0.6) is 11.5 Å². The van der Waals surface area contributed by atoms with Crippen LogP contribution in [0, 0.1) is 0 Å². The lowest BCUT2D eigenvalue weighted by atomic mass is 9.87. The minimum absolute atomic E-state index is 0.0619. The zero-order valence-corrected chi connectivity index (χ0v) is 21.3. The number of ether oxygens (including phenoxy) is 2. The van der Waals surface area contributed by atoms with Gasteiger partial charge >= 0.3 is 0 Å². The Morgan fingerprint density at radius 2 is 1.74 bits per heavy atom. The van der Waals surface area contributed by atoms with Crippen LogP contribution in [0.15, 0.2) is 47.0 Å². The Labute approximate surface area is 207 Å². The van der Waals surface area contributed by atoms with Gasteiger partial charge in [0.1, 0.15) is 0 Å². The largest absolute Gasteiger partial charge is 0.490 e. The first-order chi connectivity index (χ1) is 16.8. The molecule has 0 bridgehead atoms. The molecule has 2 heterocycles. The molecule has 1 aliphatic rings. The number of carbonyl (C=O) groups excluding carboxylic acids is 1. The SMILES string of the molecule is CCOc1ccc(CCN2CC(c3noc(-c4ccc(C(C)(C)C)cc4)n3)CC2=O)cc1OCC. The number of aromatic nitrogens is 2. The molecule has 3 aromatic rings. The van der Waals surface area contributed by atoms with Crippen LogP contribution < -0.4 is 9.47 Å². The maximum atomic E-state index is 12.7. The second-order valence-electron chi connectivity index (χ2n) is 9.92. The lowest BCUT2D eigenvalue weighted by molar-refractivity contribution is -0.127. The van der Waals surface area contributed by atoms with Crippen LogP contribution in [-0.4, -0.2) is 47.3 Å². The van der Waals surface area contributed by atoms with Crippen molar-refractivity contribution in [3.63, 3.8) is 0 Å². The molecule has 1 aliphatic heterocycles. The summed E-state index contributed by atoms with van der Waals surface area (Å²) >= 11 is 0. The predicted molar refractivity (Wildman–Crippen MR) is 135 cm³/mol. The predicted octanol–water partition coefficient (Wildman–Crippen LogP) is 5.39. The molecule has 186 valence electrons. The second kappa shape index (κ2) is 10.5. The van der Waals surface area contributed by atoms with E-state index in [9.17, 15) is 4.79 Å². The molecule has 35 heavy (non-hydrogen) atoms. The molecule has 7 heteroatoms. The second-order valence-corrected chi connectivity index (χ2v) is 9.92. The van der Waals surface area contributed by atoms with Gasteiger partial charge in [0.05, 0.1) is 13.2 Å². The molecule has 1 atom stereocenters. The summed E-state index contributed by atoms with van der Waals surface area (Å²) in [6.45, 7) is 12.8. The number of hydrogen-bond acceptors (Lipinski definition) is 6. The zero-order chi connectivity index (χ0) is 25.0. The Balaban J connectivity index is 1.38. The molecule has 0 spiro atoms. The number of nitrogens with zero attached hydrogens (tertiary/aromatic N) is 3. The number of amides is 1. The Bertz CT molecular complexity index is 1150. The first-order valence-corrected chi connectivity index (χ1v) is 12.4. The van der Waals surface area contributed by atoms with E-state index in [1.165, 1.54) is 5.56 Å². The summed E-state index contributed by atoms with van der Waals surface area (Å²) in [5, 5.41) is 4.20. The third-order valence-corrected chi connectivity index (χ3v) is 6.30. The smallest absolute Gasteiger partial charge is 0.257 e. The summed E-state index contributed by atoms with van der Waals surface area (Å²) in [5.41, 5.74) is 3.33. The summed E-state index contributed by atoms with van der Waals surface area (Å²) in [5.74, 6) is 2.63. The van der Waals surface area contributed by atoms with E-state index in [4.69, 9.17) is 14.0 Å². The highest BCUT2D eigenvalue weighted by Gasteiger charge is 2.33. The van der Waals surface area contributed by atoms with Crippen molar-refractivity contribution < 1.29 is 18.8 Å². The van der Waals surface area contributed by atoms with Crippen LogP contribution in [0.25, 0.3) is 11.5 Å². The maximum Gasteiger partial charge on any atom is 0.257 e. The number of benzene rings is 2. The van der Waals surface area contributed by atoms with Gasteiger partial charge in [-0.3, -0.25) is 4.79 Å². The van der Waals surface area contributed by atoms with E-state index in [-0.39, 0.29) is 17.2 Å². The van der Waals surface area contributed by atoms with Crippen molar-refractivity contribution in [2.24, 2.45) is 0 Å². The van der Waals surface area contributed by atoms with E-state index >= 15 is 0 Å². The third-order valence-electron chi connectivity index (χ3n) is 6.30. The van der Waals surface area contributed by atoms with Gasteiger partial charge < -0.3 is 18.9 Å².